The summed E-state index contributed by atoms with van der Waals surface area (Å²) in [5, 5.41) is 8.63. The molecule has 2 aromatic carbocycles. The third kappa shape index (κ3) is 4.47. The van der Waals surface area contributed by atoms with Crippen molar-refractivity contribution in [2.24, 2.45) is 0 Å². The van der Waals surface area contributed by atoms with Gasteiger partial charge in [-0.1, -0.05) is 11.3 Å². The topological polar surface area (TPSA) is 88.4 Å². The molecule has 1 amide bonds. The van der Waals surface area contributed by atoms with Gasteiger partial charge in [0.15, 0.2) is 0 Å². The average molecular weight is 496 g/mol. The zero-order valence-electron chi connectivity index (χ0n) is 20.6. The van der Waals surface area contributed by atoms with Crippen molar-refractivity contribution in [3.05, 3.63) is 53.6 Å². The third-order valence-electron chi connectivity index (χ3n) is 7.56. The predicted molar refractivity (Wildman–Crippen MR) is 135 cm³/mol. The lowest BCUT2D eigenvalue weighted by Gasteiger charge is -2.39. The standard InChI is InChI=1S/C26H33N5O3S/c1-18-7-12-25-24(17-18)27-28-31(25)22-13-15-29(16-14-22)35(33,34)23-10-8-21(9-11-23)26(32)30-19(2)5-4-6-20(30)3/h7-12,17,19-20,22H,4-6,13-16H2,1-3H3/t19-,20-/m0/s1. The minimum Gasteiger partial charge on any atom is -0.333 e. The summed E-state index contributed by atoms with van der Waals surface area (Å²) < 4.78 is 30.1. The second kappa shape index (κ2) is 9.35. The molecule has 1 aromatic heterocycles. The zero-order chi connectivity index (χ0) is 24.7. The Morgan fingerprint density at radius 3 is 2.26 bits per heavy atom. The summed E-state index contributed by atoms with van der Waals surface area (Å²) >= 11 is 0. The van der Waals surface area contributed by atoms with E-state index in [1.54, 1.807) is 28.6 Å². The fraction of sp³-hybridized carbons (Fsp3) is 0.500. The quantitative estimate of drug-likeness (QED) is 0.542. The molecule has 0 spiro atoms. The van der Waals surface area contributed by atoms with Crippen molar-refractivity contribution in [1.82, 2.24) is 24.2 Å². The first-order valence-electron chi connectivity index (χ1n) is 12.5. The first-order chi connectivity index (χ1) is 16.8. The maximum Gasteiger partial charge on any atom is 0.254 e. The number of fused-ring (bicyclic) bond motifs is 1. The maximum absolute atomic E-state index is 13.3. The van der Waals surface area contributed by atoms with Crippen molar-refractivity contribution in [2.75, 3.05) is 13.1 Å². The molecular formula is C26H33N5O3S. The van der Waals surface area contributed by atoms with Crippen LogP contribution < -0.4 is 0 Å². The number of benzene rings is 2. The van der Waals surface area contributed by atoms with E-state index in [2.05, 4.69) is 24.2 Å². The Labute approximate surface area is 207 Å². The van der Waals surface area contributed by atoms with Crippen LogP contribution in [-0.2, 0) is 10.0 Å². The SMILES string of the molecule is Cc1ccc2c(c1)nnn2C1CCN(S(=O)(=O)c2ccc(C(=O)N3[C@@H](C)CCC[C@@H]3C)cc2)CC1. The van der Waals surface area contributed by atoms with E-state index in [1.807, 2.05) is 34.7 Å². The summed E-state index contributed by atoms with van der Waals surface area (Å²) in [6.45, 7) is 7.03. The molecule has 0 radical (unpaired) electrons. The first kappa shape index (κ1) is 23.9. The molecule has 3 aromatic rings. The van der Waals surface area contributed by atoms with Crippen LogP contribution in [0.3, 0.4) is 0 Å². The normalized spacial score (nSPS) is 22.5. The molecular weight excluding hydrogens is 462 g/mol. The summed E-state index contributed by atoms with van der Waals surface area (Å²) in [6, 6.07) is 13.0. The summed E-state index contributed by atoms with van der Waals surface area (Å²) in [4.78, 5) is 15.3. The van der Waals surface area contributed by atoms with Crippen molar-refractivity contribution in [1.29, 1.82) is 0 Å². The maximum atomic E-state index is 13.3. The number of aryl methyl sites for hydroxylation is 1. The number of amides is 1. The van der Waals surface area contributed by atoms with Crippen LogP contribution in [0.4, 0.5) is 0 Å². The van der Waals surface area contributed by atoms with Crippen LogP contribution in [0.5, 0.6) is 0 Å². The molecule has 0 bridgehead atoms. The smallest absolute Gasteiger partial charge is 0.254 e. The van der Waals surface area contributed by atoms with Gasteiger partial charge in [-0.3, -0.25) is 4.79 Å². The second-order valence-electron chi connectivity index (χ2n) is 10.0. The van der Waals surface area contributed by atoms with Gasteiger partial charge in [0, 0.05) is 30.7 Å². The number of hydrogen-bond acceptors (Lipinski definition) is 5. The molecule has 2 atom stereocenters. The number of sulfonamides is 1. The van der Waals surface area contributed by atoms with Crippen molar-refractivity contribution in [2.45, 2.75) is 75.9 Å². The van der Waals surface area contributed by atoms with Crippen LogP contribution in [0.15, 0.2) is 47.4 Å². The van der Waals surface area contributed by atoms with E-state index in [1.165, 1.54) is 0 Å². The third-order valence-corrected chi connectivity index (χ3v) is 9.48. The summed E-state index contributed by atoms with van der Waals surface area (Å²) in [5.74, 6) is -0.0234. The van der Waals surface area contributed by atoms with Gasteiger partial charge in [0.05, 0.1) is 16.5 Å². The highest BCUT2D eigenvalue weighted by Crippen LogP contribution is 2.30. The lowest BCUT2D eigenvalue weighted by Crippen LogP contribution is -2.47. The van der Waals surface area contributed by atoms with E-state index in [0.717, 1.165) is 35.9 Å². The van der Waals surface area contributed by atoms with E-state index in [4.69, 9.17) is 0 Å². The number of nitrogens with zero attached hydrogens (tertiary/aromatic N) is 5. The molecule has 186 valence electrons. The Balaban J connectivity index is 1.27. The summed E-state index contributed by atoms with van der Waals surface area (Å²) in [7, 11) is -3.63. The van der Waals surface area contributed by atoms with Crippen LogP contribution >= 0.6 is 0 Å². The first-order valence-corrected chi connectivity index (χ1v) is 13.9. The monoisotopic (exact) mass is 495 g/mol. The molecule has 0 aliphatic carbocycles. The predicted octanol–water partition coefficient (Wildman–Crippen LogP) is 4.17. The van der Waals surface area contributed by atoms with Gasteiger partial charge < -0.3 is 4.90 Å². The average Bonchev–Trinajstić information content (AvgIpc) is 3.27. The molecule has 0 saturated carbocycles. The number of carbonyl (C=O) groups is 1. The van der Waals surface area contributed by atoms with Crippen LogP contribution in [-0.4, -0.2) is 63.7 Å². The van der Waals surface area contributed by atoms with Crippen LogP contribution in [0.25, 0.3) is 11.0 Å². The van der Waals surface area contributed by atoms with Gasteiger partial charge in [0.1, 0.15) is 5.52 Å². The zero-order valence-corrected chi connectivity index (χ0v) is 21.4. The summed E-state index contributed by atoms with van der Waals surface area (Å²) in [5.41, 5.74) is 3.52. The van der Waals surface area contributed by atoms with Gasteiger partial charge in [0.25, 0.3) is 5.91 Å². The van der Waals surface area contributed by atoms with E-state index in [9.17, 15) is 13.2 Å². The molecule has 9 heteroatoms. The van der Waals surface area contributed by atoms with Gasteiger partial charge >= 0.3 is 0 Å². The van der Waals surface area contributed by atoms with E-state index in [0.29, 0.717) is 31.5 Å². The van der Waals surface area contributed by atoms with Crippen molar-refractivity contribution in [3.8, 4) is 0 Å². The highest BCUT2D eigenvalue weighted by molar-refractivity contribution is 7.89. The lowest BCUT2D eigenvalue weighted by molar-refractivity contribution is 0.0510. The molecule has 2 aliphatic heterocycles. The Morgan fingerprint density at radius 2 is 1.60 bits per heavy atom. The van der Waals surface area contributed by atoms with Gasteiger partial charge in [-0.25, -0.2) is 13.1 Å². The Morgan fingerprint density at radius 1 is 0.943 bits per heavy atom. The largest absolute Gasteiger partial charge is 0.333 e. The van der Waals surface area contributed by atoms with Gasteiger partial charge in [0.2, 0.25) is 10.0 Å². The molecule has 2 fully saturated rings. The van der Waals surface area contributed by atoms with Gasteiger partial charge in [-0.05, 0) is 94.8 Å². The number of likely N-dealkylation sites (tertiary alicyclic amines) is 1. The minimum absolute atomic E-state index is 0.0234. The Bertz CT molecular complexity index is 1320. The van der Waals surface area contributed by atoms with E-state index in [-0.39, 0.29) is 28.9 Å². The van der Waals surface area contributed by atoms with E-state index >= 15 is 0 Å². The number of aromatic nitrogens is 3. The molecule has 2 aliphatic rings. The van der Waals surface area contributed by atoms with Crippen LogP contribution in [0.2, 0.25) is 0 Å². The Kier molecular flexibility index (Phi) is 6.40. The summed E-state index contributed by atoms with van der Waals surface area (Å²) in [6.07, 6.45) is 4.48. The fourth-order valence-corrected chi connectivity index (χ4v) is 7.01. The number of hydrogen-bond donors (Lipinski definition) is 0. The molecule has 3 heterocycles. The van der Waals surface area contributed by atoms with Crippen molar-refractivity contribution >= 4 is 27.0 Å². The Hall–Kier alpha value is -2.78. The van der Waals surface area contributed by atoms with Gasteiger partial charge in [-0.15, -0.1) is 5.10 Å². The van der Waals surface area contributed by atoms with Gasteiger partial charge in [-0.2, -0.15) is 4.31 Å². The number of piperidine rings is 2. The molecule has 5 rings (SSSR count). The van der Waals surface area contributed by atoms with Crippen LogP contribution in [0, 0.1) is 6.92 Å². The molecule has 8 nitrogen and oxygen atoms in total. The molecule has 0 unspecified atom stereocenters. The lowest BCUT2D eigenvalue weighted by atomic mass is 9.96. The fourth-order valence-electron chi connectivity index (χ4n) is 5.54. The number of rotatable bonds is 4. The molecule has 0 N–H and O–H groups in total. The van der Waals surface area contributed by atoms with Crippen molar-refractivity contribution in [3.63, 3.8) is 0 Å². The number of carbonyl (C=O) groups excluding carboxylic acids is 1. The van der Waals surface area contributed by atoms with Crippen molar-refractivity contribution < 1.29 is 13.2 Å². The molecule has 2 saturated heterocycles. The van der Waals surface area contributed by atoms with Crippen LogP contribution in [0.1, 0.15) is 67.9 Å². The highest BCUT2D eigenvalue weighted by atomic mass is 32.2. The second-order valence-corrected chi connectivity index (χ2v) is 12.0. The highest BCUT2D eigenvalue weighted by Gasteiger charge is 2.32. The molecule has 35 heavy (non-hydrogen) atoms. The van der Waals surface area contributed by atoms with E-state index < -0.39 is 10.0 Å². The minimum atomic E-state index is -3.63.